The average molecular weight is 630 g/mol. The van der Waals surface area contributed by atoms with Crippen molar-refractivity contribution in [1.29, 1.82) is 0 Å². The third-order valence-electron chi connectivity index (χ3n) is 7.37. The molecule has 1 aliphatic rings. The summed E-state index contributed by atoms with van der Waals surface area (Å²) in [6, 6.07) is 19.0. The molecule has 2 atom stereocenters. The highest BCUT2D eigenvalue weighted by molar-refractivity contribution is 8.00. The number of Topliss-reactive ketones (excluding diaryl/α,β-unsaturated/α-hetero) is 2. The maximum Gasteiger partial charge on any atom is 0.297 e. The molecule has 0 spiro atoms. The molecule has 12 heteroatoms. The van der Waals surface area contributed by atoms with Crippen LogP contribution in [0.25, 0.3) is 11.0 Å². The second-order valence-corrected chi connectivity index (χ2v) is 12.2. The first-order chi connectivity index (χ1) is 21.3. The van der Waals surface area contributed by atoms with E-state index in [1.54, 1.807) is 36.4 Å². The van der Waals surface area contributed by atoms with E-state index in [4.69, 9.17) is 18.6 Å². The molecule has 5 aromatic rings. The van der Waals surface area contributed by atoms with E-state index in [9.17, 15) is 14.4 Å². The van der Waals surface area contributed by atoms with Crippen molar-refractivity contribution in [2.45, 2.75) is 23.1 Å². The van der Waals surface area contributed by atoms with Crippen molar-refractivity contribution in [1.82, 2.24) is 10.2 Å². The minimum Gasteiger partial charge on any atom is -0.493 e. The molecular weight excluding hydrogens is 603 g/mol. The number of ketones is 2. The van der Waals surface area contributed by atoms with E-state index in [2.05, 4.69) is 10.2 Å². The SMILES string of the molecule is COc1cc(C2C(C(=O)c3cc4ccccc4o3)C(=O)C(=O)N2c2nnc(SCc3ccc(C)cc3)s2)cc(OC)c1OC. The minimum atomic E-state index is -1.43. The molecule has 1 aliphatic heterocycles. The smallest absolute Gasteiger partial charge is 0.297 e. The van der Waals surface area contributed by atoms with Gasteiger partial charge in [0, 0.05) is 11.1 Å². The molecular formula is C32H27N3O7S2. The van der Waals surface area contributed by atoms with E-state index in [-0.39, 0.29) is 10.9 Å². The van der Waals surface area contributed by atoms with E-state index >= 15 is 0 Å². The van der Waals surface area contributed by atoms with Gasteiger partial charge in [0.05, 0.1) is 27.4 Å². The highest BCUT2D eigenvalue weighted by atomic mass is 32.2. The second kappa shape index (κ2) is 12.1. The lowest BCUT2D eigenvalue weighted by Gasteiger charge is -2.25. The molecule has 0 saturated carbocycles. The van der Waals surface area contributed by atoms with Crippen LogP contribution in [0, 0.1) is 12.8 Å². The van der Waals surface area contributed by atoms with Crippen LogP contribution in [-0.4, -0.2) is 49.0 Å². The third kappa shape index (κ3) is 5.31. The molecule has 1 saturated heterocycles. The number of carbonyl (C=O) groups excluding carboxylic acids is 3. The maximum atomic E-state index is 14.0. The van der Waals surface area contributed by atoms with Gasteiger partial charge < -0.3 is 18.6 Å². The van der Waals surface area contributed by atoms with Gasteiger partial charge in [-0.3, -0.25) is 19.3 Å². The molecule has 2 aromatic heterocycles. The van der Waals surface area contributed by atoms with Crippen molar-refractivity contribution in [3.8, 4) is 17.2 Å². The highest BCUT2D eigenvalue weighted by Gasteiger charge is 2.54. The number of ether oxygens (including phenoxy) is 3. The lowest BCUT2D eigenvalue weighted by atomic mass is 9.88. The van der Waals surface area contributed by atoms with Crippen LogP contribution in [0.1, 0.15) is 33.3 Å². The summed E-state index contributed by atoms with van der Waals surface area (Å²) in [7, 11) is 4.40. The molecule has 1 amide bonds. The number of aryl methyl sites for hydroxylation is 1. The predicted molar refractivity (Wildman–Crippen MR) is 166 cm³/mol. The number of hydrogen-bond acceptors (Lipinski definition) is 11. The summed E-state index contributed by atoms with van der Waals surface area (Å²) in [5.74, 6) is -2.26. The minimum absolute atomic E-state index is 0.0248. The fourth-order valence-corrected chi connectivity index (χ4v) is 7.03. The van der Waals surface area contributed by atoms with Crippen molar-refractivity contribution in [3.63, 3.8) is 0 Å². The van der Waals surface area contributed by atoms with Gasteiger partial charge in [0.1, 0.15) is 11.5 Å². The fourth-order valence-electron chi connectivity index (χ4n) is 5.20. The predicted octanol–water partition coefficient (Wildman–Crippen LogP) is 6.07. The topological polar surface area (TPSA) is 121 Å². The number of amides is 1. The van der Waals surface area contributed by atoms with E-state index in [1.165, 1.54) is 54.9 Å². The molecule has 0 N–H and O–H groups in total. The lowest BCUT2D eigenvalue weighted by molar-refractivity contribution is -0.135. The van der Waals surface area contributed by atoms with Crippen LogP contribution in [0.15, 0.2) is 75.5 Å². The van der Waals surface area contributed by atoms with Gasteiger partial charge in [-0.15, -0.1) is 10.2 Å². The third-order valence-corrected chi connectivity index (χ3v) is 9.50. The Hall–Kier alpha value is -4.68. The van der Waals surface area contributed by atoms with Crippen LogP contribution in [0.5, 0.6) is 17.2 Å². The van der Waals surface area contributed by atoms with Gasteiger partial charge in [-0.2, -0.15) is 0 Å². The first-order valence-corrected chi connectivity index (χ1v) is 15.3. The van der Waals surface area contributed by atoms with Gasteiger partial charge in [-0.25, -0.2) is 0 Å². The van der Waals surface area contributed by atoms with Gasteiger partial charge in [0.25, 0.3) is 5.91 Å². The quantitative estimate of drug-likeness (QED) is 0.0592. The summed E-state index contributed by atoms with van der Waals surface area (Å²) in [6.45, 7) is 2.03. The summed E-state index contributed by atoms with van der Waals surface area (Å²) >= 11 is 2.63. The van der Waals surface area contributed by atoms with E-state index in [0.29, 0.717) is 43.9 Å². The van der Waals surface area contributed by atoms with Crippen molar-refractivity contribution in [2.75, 3.05) is 26.2 Å². The van der Waals surface area contributed by atoms with Gasteiger partial charge in [0.2, 0.25) is 22.4 Å². The number of hydrogen-bond donors (Lipinski definition) is 0. The fraction of sp³-hybridized carbons (Fsp3) is 0.219. The Morgan fingerprint density at radius 2 is 1.66 bits per heavy atom. The maximum absolute atomic E-state index is 14.0. The summed E-state index contributed by atoms with van der Waals surface area (Å²) in [4.78, 5) is 42.7. The Morgan fingerprint density at radius 3 is 2.32 bits per heavy atom. The number of nitrogens with zero attached hydrogens (tertiary/aromatic N) is 3. The van der Waals surface area contributed by atoms with E-state index in [1.807, 2.05) is 37.3 Å². The Bertz CT molecular complexity index is 1820. The first kappa shape index (κ1) is 29.4. The van der Waals surface area contributed by atoms with Gasteiger partial charge in [-0.05, 0) is 42.3 Å². The number of benzene rings is 3. The molecule has 0 aliphatic carbocycles. The molecule has 3 heterocycles. The Labute approximate surface area is 260 Å². The van der Waals surface area contributed by atoms with E-state index in [0.717, 1.165) is 5.56 Å². The standard InChI is InChI=1S/C32H27N3O7S2/c1-17-9-11-18(12-10-17)16-43-32-34-33-31(44-32)35-26(20-14-23(39-2)29(41-4)24(15-20)40-3)25(28(37)30(35)38)27(36)22-13-19-7-5-6-8-21(19)42-22/h5-15,25-26H,16H2,1-4H3. The molecule has 44 heavy (non-hydrogen) atoms. The number of thioether (sulfide) groups is 1. The van der Waals surface area contributed by atoms with Crippen LogP contribution in [0.2, 0.25) is 0 Å². The molecule has 0 radical (unpaired) electrons. The van der Waals surface area contributed by atoms with Gasteiger partial charge in [-0.1, -0.05) is 71.1 Å². The largest absolute Gasteiger partial charge is 0.493 e. The number of fused-ring (bicyclic) bond motifs is 1. The Morgan fingerprint density at radius 1 is 0.955 bits per heavy atom. The Kier molecular flexibility index (Phi) is 8.11. The van der Waals surface area contributed by atoms with Crippen molar-refractivity contribution >= 4 is 56.7 Å². The van der Waals surface area contributed by atoms with Crippen molar-refractivity contribution in [2.24, 2.45) is 5.92 Å². The number of furan rings is 1. The van der Waals surface area contributed by atoms with Crippen LogP contribution in [-0.2, 0) is 15.3 Å². The van der Waals surface area contributed by atoms with Crippen LogP contribution >= 0.6 is 23.1 Å². The number of methoxy groups -OCH3 is 3. The summed E-state index contributed by atoms with van der Waals surface area (Å²) in [5, 5.41) is 9.46. The van der Waals surface area contributed by atoms with Gasteiger partial charge >= 0.3 is 0 Å². The summed E-state index contributed by atoms with van der Waals surface area (Å²) in [5.41, 5.74) is 3.18. The Balaban J connectivity index is 1.42. The first-order valence-electron chi connectivity index (χ1n) is 13.5. The van der Waals surface area contributed by atoms with Crippen molar-refractivity contribution in [3.05, 3.63) is 89.2 Å². The zero-order valence-corrected chi connectivity index (χ0v) is 25.9. The average Bonchev–Trinajstić information content (AvgIpc) is 3.76. The summed E-state index contributed by atoms with van der Waals surface area (Å²) < 4.78 is 23.0. The number of carbonyl (C=O) groups is 3. The second-order valence-electron chi connectivity index (χ2n) is 10.1. The molecule has 0 bridgehead atoms. The van der Waals surface area contributed by atoms with Crippen LogP contribution < -0.4 is 19.1 Å². The van der Waals surface area contributed by atoms with Crippen LogP contribution in [0.4, 0.5) is 5.13 Å². The monoisotopic (exact) mass is 629 g/mol. The number of anilines is 1. The lowest BCUT2D eigenvalue weighted by Crippen LogP contribution is -2.30. The van der Waals surface area contributed by atoms with Crippen LogP contribution in [0.3, 0.4) is 0 Å². The summed E-state index contributed by atoms with van der Waals surface area (Å²) in [6.07, 6.45) is 0. The molecule has 2 unspecified atom stereocenters. The molecule has 224 valence electrons. The highest BCUT2D eigenvalue weighted by Crippen LogP contribution is 2.47. The normalized spacial score (nSPS) is 16.5. The van der Waals surface area contributed by atoms with E-state index < -0.39 is 29.4 Å². The molecule has 1 fully saturated rings. The zero-order chi connectivity index (χ0) is 31.0. The number of aromatic nitrogens is 2. The number of para-hydroxylation sites is 1. The molecule has 6 rings (SSSR count). The zero-order valence-electron chi connectivity index (χ0n) is 24.2. The molecule has 3 aromatic carbocycles. The number of rotatable bonds is 10. The van der Waals surface area contributed by atoms with Gasteiger partial charge in [0.15, 0.2) is 21.6 Å². The molecule has 10 nitrogen and oxygen atoms in total. The van der Waals surface area contributed by atoms with Crippen molar-refractivity contribution < 1.29 is 33.0 Å².